The molecule has 0 unspecified atom stereocenters. The zero-order valence-corrected chi connectivity index (χ0v) is 14.0. The molecule has 1 saturated heterocycles. The molecule has 0 atom stereocenters. The zero-order chi connectivity index (χ0) is 16.8. The molecule has 3 N–H and O–H groups in total. The monoisotopic (exact) mass is 318 g/mol. The molecule has 6 heteroatoms. The summed E-state index contributed by atoms with van der Waals surface area (Å²) in [6.07, 6.45) is 0.396. The molecule has 1 aromatic rings. The summed E-state index contributed by atoms with van der Waals surface area (Å²) in [7, 11) is 0. The largest absolute Gasteiger partial charge is 0.340 e. The maximum absolute atomic E-state index is 12.2. The highest BCUT2D eigenvalue weighted by atomic mass is 16.2. The molecule has 1 aliphatic heterocycles. The fourth-order valence-corrected chi connectivity index (χ4v) is 2.72. The first-order chi connectivity index (χ1) is 11.0. The first kappa shape index (κ1) is 17.4. The normalized spacial score (nSPS) is 15.5. The molecule has 0 aromatic heterocycles. The van der Waals surface area contributed by atoms with Crippen molar-refractivity contribution in [3.05, 3.63) is 29.3 Å². The molecule has 2 amide bonds. The van der Waals surface area contributed by atoms with Crippen LogP contribution in [0.5, 0.6) is 0 Å². The van der Waals surface area contributed by atoms with Gasteiger partial charge in [0.25, 0.3) is 0 Å². The van der Waals surface area contributed by atoms with Crippen LogP contribution in [-0.2, 0) is 9.59 Å². The minimum absolute atomic E-state index is 0.0135. The first-order valence-corrected chi connectivity index (χ1v) is 8.07. The van der Waals surface area contributed by atoms with Crippen LogP contribution in [0, 0.1) is 13.8 Å². The van der Waals surface area contributed by atoms with Crippen molar-refractivity contribution in [2.24, 2.45) is 5.73 Å². The van der Waals surface area contributed by atoms with E-state index in [-0.39, 0.29) is 11.8 Å². The number of hydrogen-bond acceptors (Lipinski definition) is 4. The number of amides is 2. The van der Waals surface area contributed by atoms with Crippen molar-refractivity contribution in [3.63, 3.8) is 0 Å². The van der Waals surface area contributed by atoms with Gasteiger partial charge in [-0.25, -0.2) is 0 Å². The second-order valence-corrected chi connectivity index (χ2v) is 5.99. The maximum atomic E-state index is 12.2. The Hall–Kier alpha value is -1.92. The lowest BCUT2D eigenvalue weighted by atomic mass is 10.1. The number of carbonyl (C=O) groups excluding carboxylic acids is 2. The van der Waals surface area contributed by atoms with Gasteiger partial charge in [0.15, 0.2) is 0 Å². The Morgan fingerprint density at radius 2 is 1.87 bits per heavy atom. The van der Waals surface area contributed by atoms with E-state index >= 15 is 0 Å². The molecule has 1 heterocycles. The van der Waals surface area contributed by atoms with E-state index in [2.05, 4.69) is 10.2 Å². The summed E-state index contributed by atoms with van der Waals surface area (Å²) >= 11 is 0. The Morgan fingerprint density at radius 1 is 1.17 bits per heavy atom. The number of rotatable bonds is 5. The molecule has 0 aliphatic carbocycles. The fourth-order valence-electron chi connectivity index (χ4n) is 2.72. The van der Waals surface area contributed by atoms with Gasteiger partial charge in [-0.05, 0) is 31.0 Å². The lowest BCUT2D eigenvalue weighted by Crippen LogP contribution is -2.50. The summed E-state index contributed by atoms with van der Waals surface area (Å²) in [5.74, 6) is 0.0902. The highest BCUT2D eigenvalue weighted by Crippen LogP contribution is 2.17. The summed E-state index contributed by atoms with van der Waals surface area (Å²) in [5, 5.41) is 2.97. The number of nitrogens with two attached hydrogens (primary N) is 1. The van der Waals surface area contributed by atoms with Crippen molar-refractivity contribution < 1.29 is 9.59 Å². The van der Waals surface area contributed by atoms with Crippen LogP contribution in [0.1, 0.15) is 17.5 Å². The van der Waals surface area contributed by atoms with Crippen molar-refractivity contribution in [2.45, 2.75) is 20.3 Å². The van der Waals surface area contributed by atoms with E-state index in [1.54, 1.807) is 0 Å². The van der Waals surface area contributed by atoms with Gasteiger partial charge in [0.1, 0.15) is 0 Å². The quantitative estimate of drug-likeness (QED) is 0.839. The van der Waals surface area contributed by atoms with Crippen LogP contribution in [0.15, 0.2) is 18.2 Å². The third-order valence-electron chi connectivity index (χ3n) is 4.33. The molecule has 1 fully saturated rings. The summed E-state index contributed by atoms with van der Waals surface area (Å²) in [6.45, 7) is 7.54. The van der Waals surface area contributed by atoms with Gasteiger partial charge < -0.3 is 16.0 Å². The van der Waals surface area contributed by atoms with Gasteiger partial charge in [0.2, 0.25) is 11.8 Å². The van der Waals surface area contributed by atoms with E-state index in [0.717, 1.165) is 29.9 Å². The fraction of sp³-hybridized carbons (Fsp3) is 0.529. The van der Waals surface area contributed by atoms with E-state index in [1.165, 1.54) is 0 Å². The summed E-state index contributed by atoms with van der Waals surface area (Å²) in [6, 6.07) is 5.89. The van der Waals surface area contributed by atoms with E-state index in [1.807, 2.05) is 36.9 Å². The van der Waals surface area contributed by atoms with Crippen molar-refractivity contribution >= 4 is 17.5 Å². The minimum Gasteiger partial charge on any atom is -0.340 e. The topological polar surface area (TPSA) is 78.7 Å². The van der Waals surface area contributed by atoms with Crippen LogP contribution in [0.4, 0.5) is 5.69 Å². The van der Waals surface area contributed by atoms with Gasteiger partial charge in [-0.1, -0.05) is 12.1 Å². The molecular weight excluding hydrogens is 292 g/mol. The average Bonchev–Trinajstić information content (AvgIpc) is 2.53. The van der Waals surface area contributed by atoms with Crippen molar-refractivity contribution in [2.75, 3.05) is 44.6 Å². The second-order valence-electron chi connectivity index (χ2n) is 5.99. The van der Waals surface area contributed by atoms with Gasteiger partial charge in [0.05, 0.1) is 6.54 Å². The standard InChI is InChI=1S/C17H26N4O2/c1-13-4-3-5-15(14(13)2)19-16(22)12-20-8-10-21(11-9-20)17(23)6-7-18/h3-5H,6-12,18H2,1-2H3,(H,19,22). The van der Waals surface area contributed by atoms with Crippen molar-refractivity contribution in [3.8, 4) is 0 Å². The Labute approximate surface area is 137 Å². The second kappa shape index (κ2) is 8.08. The third-order valence-corrected chi connectivity index (χ3v) is 4.33. The van der Waals surface area contributed by atoms with Crippen LogP contribution in [0.2, 0.25) is 0 Å². The predicted octanol–water partition coefficient (Wildman–Crippen LogP) is 0.735. The first-order valence-electron chi connectivity index (χ1n) is 8.07. The molecule has 0 radical (unpaired) electrons. The molecule has 0 bridgehead atoms. The molecule has 1 aromatic carbocycles. The summed E-state index contributed by atoms with van der Waals surface area (Å²) in [4.78, 5) is 27.9. The molecular formula is C17H26N4O2. The Bertz CT molecular complexity index is 566. The van der Waals surface area contributed by atoms with Crippen LogP contribution in [0.3, 0.4) is 0 Å². The summed E-state index contributed by atoms with van der Waals surface area (Å²) < 4.78 is 0. The molecule has 2 rings (SSSR count). The third kappa shape index (κ3) is 4.77. The Balaban J connectivity index is 1.81. The predicted molar refractivity (Wildman–Crippen MR) is 91.2 cm³/mol. The van der Waals surface area contributed by atoms with Gasteiger partial charge in [0, 0.05) is 44.8 Å². The minimum atomic E-state index is -0.0135. The number of benzene rings is 1. The number of piperazine rings is 1. The molecule has 1 aliphatic rings. The van der Waals surface area contributed by atoms with Crippen LogP contribution < -0.4 is 11.1 Å². The number of anilines is 1. The van der Waals surface area contributed by atoms with E-state index in [4.69, 9.17) is 5.73 Å². The van der Waals surface area contributed by atoms with Gasteiger partial charge in [-0.2, -0.15) is 0 Å². The van der Waals surface area contributed by atoms with E-state index in [0.29, 0.717) is 32.6 Å². The van der Waals surface area contributed by atoms with Gasteiger partial charge in [-0.3, -0.25) is 14.5 Å². The number of aryl methyl sites for hydroxylation is 1. The van der Waals surface area contributed by atoms with E-state index in [9.17, 15) is 9.59 Å². The molecule has 0 spiro atoms. The highest BCUT2D eigenvalue weighted by Gasteiger charge is 2.22. The Morgan fingerprint density at radius 3 is 2.52 bits per heavy atom. The number of nitrogens with one attached hydrogen (secondary N) is 1. The van der Waals surface area contributed by atoms with Crippen LogP contribution in [0.25, 0.3) is 0 Å². The van der Waals surface area contributed by atoms with Crippen LogP contribution >= 0.6 is 0 Å². The SMILES string of the molecule is Cc1cccc(NC(=O)CN2CCN(C(=O)CCN)CC2)c1C. The number of carbonyl (C=O) groups is 2. The number of hydrogen-bond donors (Lipinski definition) is 2. The van der Waals surface area contributed by atoms with Gasteiger partial charge >= 0.3 is 0 Å². The summed E-state index contributed by atoms with van der Waals surface area (Å²) in [5.41, 5.74) is 8.54. The number of nitrogens with zero attached hydrogens (tertiary/aromatic N) is 2. The Kier molecular flexibility index (Phi) is 6.12. The zero-order valence-electron chi connectivity index (χ0n) is 14.0. The average molecular weight is 318 g/mol. The smallest absolute Gasteiger partial charge is 0.238 e. The highest BCUT2D eigenvalue weighted by molar-refractivity contribution is 5.93. The maximum Gasteiger partial charge on any atom is 0.238 e. The molecule has 126 valence electrons. The van der Waals surface area contributed by atoms with Crippen molar-refractivity contribution in [1.82, 2.24) is 9.80 Å². The molecule has 6 nitrogen and oxygen atoms in total. The van der Waals surface area contributed by atoms with Crippen LogP contribution in [-0.4, -0.2) is 60.9 Å². The van der Waals surface area contributed by atoms with Gasteiger partial charge in [-0.15, -0.1) is 0 Å². The van der Waals surface area contributed by atoms with E-state index < -0.39 is 0 Å². The van der Waals surface area contributed by atoms with Crippen molar-refractivity contribution in [1.29, 1.82) is 0 Å². The molecule has 0 saturated carbocycles. The lowest BCUT2D eigenvalue weighted by molar-refractivity contribution is -0.132. The lowest BCUT2D eigenvalue weighted by Gasteiger charge is -2.34. The molecule has 23 heavy (non-hydrogen) atoms.